The zero-order valence-electron chi connectivity index (χ0n) is 45.2. The Hall–Kier alpha value is -3.69. The number of hydrogen-bond acceptors (Lipinski definition) is 25. The van der Waals surface area contributed by atoms with Gasteiger partial charge < -0.3 is 80.8 Å². The Morgan fingerprint density at radius 3 is 2.28 bits per heavy atom. The molecule has 4 heterocycles. The molecule has 2 aromatic heterocycles. The van der Waals surface area contributed by atoms with Gasteiger partial charge in [0.05, 0.1) is 45.0 Å². The number of phosphoric acid groups is 3. The smallest absolute Gasteiger partial charge is 0.463 e. The number of aliphatic hydroxyl groups is 6. The average molecular weight is 1240 g/mol. The third-order valence-electron chi connectivity index (χ3n) is 13.0. The SMILES string of the molecule is C/C(=C\C(=O)OCCCCCCCC(=O)SCCNC(=O)CCNC(=O)[C@H](O)C(C)(C)COP(=O)(O)OP(=O)(O)OC[C@H]1O[C@@H](n2cnc3c(N)ncnc32)[C@H](O)[C@@H]1OP(=O)(O)O)[C@@H](O)[C@@H]1OC[C@H](C/C=C/[C@@H](C)[C@H](C)O)[C@@H](O)[C@H]1O. The van der Waals surface area contributed by atoms with Crippen molar-refractivity contribution in [3.8, 4) is 0 Å². The van der Waals surface area contributed by atoms with E-state index >= 15 is 0 Å². The first-order chi connectivity index (χ1) is 37.8. The Labute approximate surface area is 470 Å². The summed E-state index contributed by atoms with van der Waals surface area (Å²) in [6, 6.07) is 0. The number of allylic oxidation sites excluding steroid dienone is 1. The number of imidazole rings is 1. The molecule has 2 aliphatic rings. The van der Waals surface area contributed by atoms with Crippen molar-refractivity contribution < 1.29 is 115 Å². The number of nitrogens with one attached hydrogen (secondary N) is 2. The number of unbranched alkanes of at least 4 members (excludes halogenated alkanes) is 4. The summed E-state index contributed by atoms with van der Waals surface area (Å²) in [5.74, 6) is -2.45. The Balaban J connectivity index is 1.04. The first kappa shape index (κ1) is 69.8. The second-order valence-corrected chi connectivity index (χ2v) is 25.5. The van der Waals surface area contributed by atoms with Gasteiger partial charge >= 0.3 is 29.4 Å². The molecule has 0 aromatic carbocycles. The largest absolute Gasteiger partial charge is 0.481 e. The van der Waals surface area contributed by atoms with Crippen LogP contribution in [0.5, 0.6) is 0 Å². The summed E-state index contributed by atoms with van der Waals surface area (Å²) in [5.41, 5.74) is 4.40. The quantitative estimate of drug-likeness (QED) is 0.0150. The molecule has 31 nitrogen and oxygen atoms in total. The average Bonchev–Trinajstić information content (AvgIpc) is 4.22. The van der Waals surface area contributed by atoms with Crippen LogP contribution in [0.25, 0.3) is 11.2 Å². The summed E-state index contributed by atoms with van der Waals surface area (Å²) in [6.45, 7) is 5.50. The molecule has 2 saturated heterocycles. The number of rotatable bonds is 34. The molecule has 14 N–H and O–H groups in total. The molecule has 0 saturated carbocycles. The molecule has 0 radical (unpaired) electrons. The number of aromatic nitrogens is 4. The van der Waals surface area contributed by atoms with Crippen molar-refractivity contribution in [3.05, 3.63) is 36.5 Å². The number of carbonyl (C=O) groups is 4. The number of thioether (sulfide) groups is 1. The summed E-state index contributed by atoms with van der Waals surface area (Å²) < 4.78 is 73.4. The zero-order valence-corrected chi connectivity index (χ0v) is 48.7. The topological polar surface area (TPSA) is 480 Å². The van der Waals surface area contributed by atoms with E-state index in [9.17, 15) is 83.1 Å². The predicted molar refractivity (Wildman–Crippen MR) is 285 cm³/mol. The molecule has 2 aromatic rings. The van der Waals surface area contributed by atoms with E-state index in [-0.39, 0.29) is 72.1 Å². The van der Waals surface area contributed by atoms with Crippen LogP contribution in [-0.2, 0) is 65.0 Å². The van der Waals surface area contributed by atoms with E-state index in [1.54, 1.807) is 6.92 Å². The molecule has 0 aliphatic carbocycles. The number of esters is 1. The van der Waals surface area contributed by atoms with Gasteiger partial charge in [0.25, 0.3) is 0 Å². The van der Waals surface area contributed by atoms with E-state index < -0.39 is 127 Å². The number of ether oxygens (including phenoxy) is 3. The molecule has 460 valence electrons. The van der Waals surface area contributed by atoms with E-state index in [2.05, 4.69) is 34.4 Å². The van der Waals surface area contributed by atoms with Crippen molar-refractivity contribution in [1.82, 2.24) is 30.2 Å². The van der Waals surface area contributed by atoms with Crippen molar-refractivity contribution >= 4 is 75.1 Å². The van der Waals surface area contributed by atoms with Crippen LogP contribution in [0, 0.1) is 17.3 Å². The minimum absolute atomic E-state index is 0.0151. The molecule has 2 unspecified atom stereocenters. The van der Waals surface area contributed by atoms with Crippen LogP contribution in [-0.4, -0.2) is 193 Å². The first-order valence-corrected chi connectivity index (χ1v) is 31.2. The van der Waals surface area contributed by atoms with Gasteiger partial charge in [0, 0.05) is 49.1 Å². The number of aliphatic hydroxyl groups excluding tert-OH is 6. The van der Waals surface area contributed by atoms with E-state index in [4.69, 9.17) is 29.0 Å². The molecule has 2 amide bonds. The molecule has 4 rings (SSSR count). The van der Waals surface area contributed by atoms with Crippen LogP contribution in [0.4, 0.5) is 5.82 Å². The highest BCUT2D eigenvalue weighted by Gasteiger charge is 2.50. The molecule has 14 atom stereocenters. The van der Waals surface area contributed by atoms with Crippen molar-refractivity contribution in [2.45, 2.75) is 147 Å². The fraction of sp³-hybridized carbons (Fsp3) is 0.717. The van der Waals surface area contributed by atoms with E-state index in [0.717, 1.165) is 54.3 Å². The summed E-state index contributed by atoms with van der Waals surface area (Å²) in [6.07, 6.45) is -3.84. The number of anilines is 1. The summed E-state index contributed by atoms with van der Waals surface area (Å²) in [5, 5.41) is 68.2. The lowest BCUT2D eigenvalue weighted by molar-refractivity contribution is -0.187. The summed E-state index contributed by atoms with van der Waals surface area (Å²) >= 11 is 1.04. The number of amides is 2. The number of carbonyl (C=O) groups excluding carboxylic acids is 4. The standard InChI is InChI=1S/C46H76N7O24P3S/c1-26(28(3)54)12-11-13-29-21-72-40(37(60)36(29)59)35(58)27(2)20-32(56)71-18-10-8-6-7-9-14-33(57)81-19-17-48-31(55)15-16-49-44(63)41(62)46(4,5)23-74-80(69,70)77-79(67,68)73-22-30-39(76-78(64,65)66)38(61)45(75-30)53-25-52-34-42(47)50-24-51-43(34)53/h11-12,20,24-26,28-30,35-41,45,54,58-62H,6-10,13-19,21-23H2,1-5H3,(H,48,55)(H,49,63)(H,67,68)(H,69,70)(H2,47,50,51)(H2,64,65,66)/b12-11+,27-20+/t26-,28+,29+,30-,35-,36-,37-,38-,39-,40+,41+,45-/m1/s1. The van der Waals surface area contributed by atoms with Gasteiger partial charge in [0.1, 0.15) is 54.6 Å². The molecular formula is C46H76N7O24P3S. The van der Waals surface area contributed by atoms with Crippen molar-refractivity contribution in [2.75, 3.05) is 51.0 Å². The highest BCUT2D eigenvalue weighted by Crippen LogP contribution is 2.61. The maximum atomic E-state index is 12.8. The van der Waals surface area contributed by atoms with Gasteiger partial charge in [-0.2, -0.15) is 4.31 Å². The van der Waals surface area contributed by atoms with Gasteiger partial charge in [-0.25, -0.2) is 33.4 Å². The maximum absolute atomic E-state index is 12.8. The monoisotopic (exact) mass is 1240 g/mol. The number of phosphoric ester groups is 3. The number of nitrogens with two attached hydrogens (primary N) is 1. The van der Waals surface area contributed by atoms with E-state index in [1.165, 1.54) is 20.8 Å². The number of nitrogens with zero attached hydrogens (tertiary/aromatic N) is 4. The molecule has 2 fully saturated rings. The number of fused-ring (bicyclic) bond motifs is 1. The molecule has 0 bridgehead atoms. The Morgan fingerprint density at radius 1 is 0.914 bits per heavy atom. The van der Waals surface area contributed by atoms with Crippen LogP contribution in [0.15, 0.2) is 36.5 Å². The minimum Gasteiger partial charge on any atom is -0.463 e. The molecule has 81 heavy (non-hydrogen) atoms. The highest BCUT2D eigenvalue weighted by molar-refractivity contribution is 8.13. The third kappa shape index (κ3) is 22.7. The van der Waals surface area contributed by atoms with Crippen LogP contribution in [0.2, 0.25) is 0 Å². The normalized spacial score (nSPS) is 25.0. The molecule has 35 heteroatoms. The van der Waals surface area contributed by atoms with Crippen molar-refractivity contribution in [1.29, 1.82) is 0 Å². The van der Waals surface area contributed by atoms with Gasteiger partial charge in [-0.05, 0) is 44.6 Å². The maximum Gasteiger partial charge on any atom is 0.481 e. The second kappa shape index (κ2) is 32.0. The third-order valence-corrected chi connectivity index (χ3v) is 17.0. The van der Waals surface area contributed by atoms with Crippen LogP contribution < -0.4 is 16.4 Å². The van der Waals surface area contributed by atoms with Crippen LogP contribution >= 0.6 is 35.2 Å². The number of nitrogen functional groups attached to an aromatic ring is 1. The lowest BCUT2D eigenvalue weighted by atomic mass is 9.86. The molecule has 0 spiro atoms. The van der Waals surface area contributed by atoms with Gasteiger partial charge in [-0.3, -0.25) is 32.5 Å². The van der Waals surface area contributed by atoms with Gasteiger partial charge in [0.2, 0.25) is 11.8 Å². The number of hydrogen-bond donors (Lipinski definition) is 13. The summed E-state index contributed by atoms with van der Waals surface area (Å²) in [4.78, 5) is 101. The fourth-order valence-electron chi connectivity index (χ4n) is 8.03. The van der Waals surface area contributed by atoms with Gasteiger partial charge in [0.15, 0.2) is 22.8 Å². The molecular weight excluding hydrogens is 1160 g/mol. The van der Waals surface area contributed by atoms with Crippen LogP contribution in [0.1, 0.15) is 92.2 Å². The van der Waals surface area contributed by atoms with Crippen molar-refractivity contribution in [3.63, 3.8) is 0 Å². The predicted octanol–water partition coefficient (Wildman–Crippen LogP) is 0.556. The fourth-order valence-corrected chi connectivity index (χ4v) is 11.6. The Kier molecular flexibility index (Phi) is 27.6. The van der Waals surface area contributed by atoms with E-state index in [1.807, 2.05) is 19.1 Å². The van der Waals surface area contributed by atoms with Crippen molar-refractivity contribution in [2.24, 2.45) is 17.3 Å². The minimum atomic E-state index is -5.61. The Morgan fingerprint density at radius 2 is 1.59 bits per heavy atom. The lowest BCUT2D eigenvalue weighted by Gasteiger charge is -2.39. The summed E-state index contributed by atoms with van der Waals surface area (Å²) in [7, 11) is -16.5. The molecule has 2 aliphatic heterocycles. The van der Waals surface area contributed by atoms with Gasteiger partial charge in [-0.15, -0.1) is 0 Å². The highest BCUT2D eigenvalue weighted by atomic mass is 32.2. The lowest BCUT2D eigenvalue weighted by Crippen LogP contribution is -2.54. The Bertz CT molecular complexity index is 2610. The van der Waals surface area contributed by atoms with E-state index in [0.29, 0.717) is 25.7 Å². The first-order valence-electron chi connectivity index (χ1n) is 25.7. The zero-order chi connectivity index (χ0) is 60.5. The second-order valence-electron chi connectivity index (χ2n) is 20.1. The van der Waals surface area contributed by atoms with Crippen LogP contribution in [0.3, 0.4) is 0 Å². The van der Waals surface area contributed by atoms with Gasteiger partial charge in [-0.1, -0.05) is 63.9 Å².